The average molecular weight is 352 g/mol. The molecule has 0 radical (unpaired) electrons. The third-order valence-electron chi connectivity index (χ3n) is 3.61. The van der Waals surface area contributed by atoms with Gasteiger partial charge < -0.3 is 9.52 Å². The molecule has 2 rings (SSSR count). The molecule has 0 spiro atoms. The molecule has 0 aromatic carbocycles. The molecular weight excluding hydrogens is 334 g/mol. The minimum Gasteiger partial charge on any atom is -0.450 e. The summed E-state index contributed by atoms with van der Waals surface area (Å²) in [6.45, 7) is -0.318. The average Bonchev–Trinajstić information content (AvgIpc) is 2.81. The highest BCUT2D eigenvalue weighted by Crippen LogP contribution is 2.31. The number of halogens is 1. The molecule has 0 aliphatic heterocycles. The molecule has 0 unspecified atom stereocenters. The van der Waals surface area contributed by atoms with E-state index in [0.29, 0.717) is 0 Å². The summed E-state index contributed by atoms with van der Waals surface area (Å²) in [5.74, 6) is 0.238. The van der Waals surface area contributed by atoms with Crippen molar-refractivity contribution in [1.29, 1.82) is 0 Å². The van der Waals surface area contributed by atoms with Gasteiger partial charge in [-0.1, -0.05) is 19.3 Å². The van der Waals surface area contributed by atoms with E-state index in [0.717, 1.165) is 25.7 Å². The standard InChI is InChI=1S/C12H18BrNO4S/c1-14(9-5-3-2-4-6-9)19(16,17)11-7-10(8-15)18-12(11)13/h7,9,15H,2-6,8H2,1H3. The van der Waals surface area contributed by atoms with Gasteiger partial charge in [0.25, 0.3) is 0 Å². The Balaban J connectivity index is 2.27. The second-order valence-corrected chi connectivity index (χ2v) is 7.51. The maximum atomic E-state index is 12.5. The fourth-order valence-corrected chi connectivity index (χ4v) is 4.82. The van der Waals surface area contributed by atoms with Gasteiger partial charge >= 0.3 is 0 Å². The summed E-state index contributed by atoms with van der Waals surface area (Å²) in [6, 6.07) is 1.43. The van der Waals surface area contributed by atoms with Crippen LogP contribution in [-0.2, 0) is 16.6 Å². The van der Waals surface area contributed by atoms with Crippen LogP contribution in [0.4, 0.5) is 0 Å². The molecule has 1 heterocycles. The van der Waals surface area contributed by atoms with Gasteiger partial charge in [0.05, 0.1) is 0 Å². The van der Waals surface area contributed by atoms with Crippen molar-refractivity contribution in [2.75, 3.05) is 7.05 Å². The van der Waals surface area contributed by atoms with Crippen LogP contribution < -0.4 is 0 Å². The number of nitrogens with zero attached hydrogens (tertiary/aromatic N) is 1. The topological polar surface area (TPSA) is 70.8 Å². The summed E-state index contributed by atoms with van der Waals surface area (Å²) in [6.07, 6.45) is 5.11. The first kappa shape index (κ1) is 15.0. The smallest absolute Gasteiger partial charge is 0.247 e. The number of furan rings is 1. The largest absolute Gasteiger partial charge is 0.450 e. The van der Waals surface area contributed by atoms with Crippen LogP contribution in [0, 0.1) is 0 Å². The molecule has 0 atom stereocenters. The molecular formula is C12H18BrNO4S. The summed E-state index contributed by atoms with van der Waals surface area (Å²) in [4.78, 5) is 0.0876. The van der Waals surface area contributed by atoms with Crippen molar-refractivity contribution in [2.24, 2.45) is 0 Å². The highest BCUT2D eigenvalue weighted by Gasteiger charge is 2.32. The second-order valence-electron chi connectivity index (χ2n) is 4.82. The Morgan fingerprint density at radius 1 is 1.42 bits per heavy atom. The Labute approximate surface area is 121 Å². The van der Waals surface area contributed by atoms with Crippen molar-refractivity contribution in [3.63, 3.8) is 0 Å². The molecule has 1 aliphatic rings. The van der Waals surface area contributed by atoms with Crippen molar-refractivity contribution >= 4 is 26.0 Å². The van der Waals surface area contributed by atoms with Gasteiger partial charge in [0.15, 0.2) is 4.67 Å². The number of sulfonamides is 1. The fourth-order valence-electron chi connectivity index (χ4n) is 2.45. The molecule has 1 aromatic heterocycles. The van der Waals surface area contributed by atoms with Crippen LogP contribution in [0.15, 0.2) is 20.0 Å². The summed E-state index contributed by atoms with van der Waals surface area (Å²) < 4.78 is 31.8. The van der Waals surface area contributed by atoms with Gasteiger partial charge in [-0.2, -0.15) is 4.31 Å². The summed E-state index contributed by atoms with van der Waals surface area (Å²) in [5.41, 5.74) is 0. The molecule has 0 bridgehead atoms. The monoisotopic (exact) mass is 351 g/mol. The molecule has 1 fully saturated rings. The van der Waals surface area contributed by atoms with Crippen molar-refractivity contribution in [2.45, 2.75) is 49.6 Å². The molecule has 1 saturated carbocycles. The van der Waals surface area contributed by atoms with Crippen LogP contribution in [0.2, 0.25) is 0 Å². The lowest BCUT2D eigenvalue weighted by Crippen LogP contribution is -2.38. The van der Waals surface area contributed by atoms with Crippen molar-refractivity contribution in [3.05, 3.63) is 16.5 Å². The zero-order valence-corrected chi connectivity index (χ0v) is 13.2. The summed E-state index contributed by atoms with van der Waals surface area (Å²) in [7, 11) is -1.96. The zero-order chi connectivity index (χ0) is 14.0. The minimum atomic E-state index is -3.58. The van der Waals surface area contributed by atoms with Gasteiger partial charge in [0.1, 0.15) is 17.3 Å². The molecule has 108 valence electrons. The third kappa shape index (κ3) is 3.04. The Bertz CT molecular complexity index is 534. The van der Waals surface area contributed by atoms with E-state index >= 15 is 0 Å². The Hall–Kier alpha value is -0.370. The second kappa shape index (κ2) is 5.95. The first-order valence-corrected chi connectivity index (χ1v) is 8.57. The van der Waals surface area contributed by atoms with Crippen LogP contribution in [0.1, 0.15) is 37.9 Å². The van der Waals surface area contributed by atoms with E-state index < -0.39 is 10.0 Å². The van der Waals surface area contributed by atoms with E-state index in [-0.39, 0.29) is 28.0 Å². The lowest BCUT2D eigenvalue weighted by Gasteiger charge is -2.30. The van der Waals surface area contributed by atoms with Crippen LogP contribution in [-0.4, -0.2) is 30.9 Å². The van der Waals surface area contributed by atoms with Crippen molar-refractivity contribution < 1.29 is 17.9 Å². The van der Waals surface area contributed by atoms with E-state index in [1.165, 1.54) is 16.8 Å². The van der Waals surface area contributed by atoms with Gasteiger partial charge in [0, 0.05) is 19.2 Å². The number of hydrogen-bond donors (Lipinski definition) is 1. The normalized spacial score (nSPS) is 18.1. The highest BCUT2D eigenvalue weighted by atomic mass is 79.9. The van der Waals surface area contributed by atoms with Gasteiger partial charge in [-0.25, -0.2) is 8.42 Å². The van der Waals surface area contributed by atoms with E-state index in [2.05, 4.69) is 15.9 Å². The zero-order valence-electron chi connectivity index (χ0n) is 10.8. The Morgan fingerprint density at radius 3 is 2.58 bits per heavy atom. The quantitative estimate of drug-likeness (QED) is 0.904. The Morgan fingerprint density at radius 2 is 2.05 bits per heavy atom. The van der Waals surface area contributed by atoms with Gasteiger partial charge in [-0.3, -0.25) is 0 Å². The molecule has 7 heteroatoms. The highest BCUT2D eigenvalue weighted by molar-refractivity contribution is 9.10. The minimum absolute atomic E-state index is 0.0538. The third-order valence-corrected chi connectivity index (χ3v) is 6.38. The molecule has 1 aromatic rings. The number of rotatable bonds is 4. The van der Waals surface area contributed by atoms with E-state index in [1.54, 1.807) is 7.05 Å². The van der Waals surface area contributed by atoms with E-state index in [9.17, 15) is 8.42 Å². The first-order chi connectivity index (χ1) is 8.96. The van der Waals surface area contributed by atoms with E-state index in [4.69, 9.17) is 9.52 Å². The summed E-state index contributed by atoms with van der Waals surface area (Å²) >= 11 is 3.10. The van der Waals surface area contributed by atoms with Crippen molar-refractivity contribution in [3.8, 4) is 0 Å². The Kier molecular flexibility index (Phi) is 4.70. The molecule has 5 nitrogen and oxygen atoms in total. The van der Waals surface area contributed by atoms with Crippen LogP contribution in [0.25, 0.3) is 0 Å². The first-order valence-electron chi connectivity index (χ1n) is 6.34. The van der Waals surface area contributed by atoms with E-state index in [1.807, 2.05) is 0 Å². The number of aliphatic hydroxyl groups excluding tert-OH is 1. The molecule has 1 N–H and O–H groups in total. The number of aliphatic hydroxyl groups is 1. The van der Waals surface area contributed by atoms with Crippen molar-refractivity contribution in [1.82, 2.24) is 4.31 Å². The molecule has 0 saturated heterocycles. The van der Waals surface area contributed by atoms with Crippen LogP contribution >= 0.6 is 15.9 Å². The van der Waals surface area contributed by atoms with Crippen LogP contribution in [0.5, 0.6) is 0 Å². The SMILES string of the molecule is CN(C1CCCCC1)S(=O)(=O)c1cc(CO)oc1Br. The lowest BCUT2D eigenvalue weighted by atomic mass is 9.96. The fraction of sp³-hybridized carbons (Fsp3) is 0.667. The van der Waals surface area contributed by atoms with Gasteiger partial charge in [-0.05, 0) is 28.8 Å². The maximum absolute atomic E-state index is 12.5. The summed E-state index contributed by atoms with van der Waals surface area (Å²) in [5, 5.41) is 9.01. The van der Waals surface area contributed by atoms with Gasteiger partial charge in [0.2, 0.25) is 10.0 Å². The lowest BCUT2D eigenvalue weighted by molar-refractivity contribution is 0.245. The maximum Gasteiger partial charge on any atom is 0.247 e. The molecule has 1 aliphatic carbocycles. The predicted octanol–water partition coefficient (Wildman–Crippen LogP) is 2.49. The molecule has 0 amide bonds. The molecule has 19 heavy (non-hydrogen) atoms. The predicted molar refractivity (Wildman–Crippen MR) is 74.2 cm³/mol. The van der Waals surface area contributed by atoms with Crippen LogP contribution in [0.3, 0.4) is 0 Å². The van der Waals surface area contributed by atoms with Gasteiger partial charge in [-0.15, -0.1) is 0 Å². The number of hydrogen-bond acceptors (Lipinski definition) is 4.